The van der Waals surface area contributed by atoms with Crippen LogP contribution in [-0.2, 0) is 19.4 Å². The first-order valence-electron chi connectivity index (χ1n) is 9.30. The normalized spacial score (nSPS) is 13.9. The van der Waals surface area contributed by atoms with Crippen molar-refractivity contribution in [2.24, 2.45) is 0 Å². The summed E-state index contributed by atoms with van der Waals surface area (Å²) in [5.74, 6) is 0. The van der Waals surface area contributed by atoms with Gasteiger partial charge in [-0.3, -0.25) is 0 Å². The molecule has 0 spiro atoms. The minimum Gasteiger partial charge on any atom is -0.194 e. The quantitative estimate of drug-likeness (QED) is 0.352. The SMILES string of the molecule is c1ccc(C[n+]2cc3c(c4c5ccccc5ccc42)CCCC3)cc1. The van der Waals surface area contributed by atoms with Crippen molar-refractivity contribution in [1.29, 1.82) is 0 Å². The first kappa shape index (κ1) is 14.7. The topological polar surface area (TPSA) is 3.88 Å². The number of pyridine rings is 1. The second-order valence-corrected chi connectivity index (χ2v) is 7.13. The zero-order chi connectivity index (χ0) is 16.6. The van der Waals surface area contributed by atoms with Gasteiger partial charge in [0.15, 0.2) is 12.7 Å². The summed E-state index contributed by atoms with van der Waals surface area (Å²) in [6, 6.07) is 24.2. The molecule has 0 saturated carbocycles. The molecule has 5 rings (SSSR count). The van der Waals surface area contributed by atoms with Gasteiger partial charge in [0.2, 0.25) is 5.52 Å². The van der Waals surface area contributed by atoms with Gasteiger partial charge in [-0.15, -0.1) is 0 Å². The molecule has 1 nitrogen and oxygen atoms in total. The van der Waals surface area contributed by atoms with Crippen molar-refractivity contribution in [3.05, 3.63) is 89.6 Å². The number of aromatic nitrogens is 1. The Hall–Kier alpha value is -2.67. The van der Waals surface area contributed by atoms with Crippen LogP contribution in [0.15, 0.2) is 72.9 Å². The fourth-order valence-corrected chi connectivity index (χ4v) is 4.34. The Morgan fingerprint density at radius 1 is 0.760 bits per heavy atom. The molecule has 1 heteroatoms. The van der Waals surface area contributed by atoms with Gasteiger partial charge in [0.1, 0.15) is 0 Å². The molecule has 4 aromatic rings. The number of rotatable bonds is 2. The van der Waals surface area contributed by atoms with Crippen LogP contribution in [0.4, 0.5) is 0 Å². The molecule has 1 aliphatic carbocycles. The first-order valence-corrected chi connectivity index (χ1v) is 9.30. The summed E-state index contributed by atoms with van der Waals surface area (Å²) in [5.41, 5.74) is 5.86. The Labute approximate surface area is 148 Å². The molecule has 122 valence electrons. The van der Waals surface area contributed by atoms with Gasteiger partial charge in [0, 0.05) is 17.2 Å². The van der Waals surface area contributed by atoms with E-state index in [0.717, 1.165) is 6.54 Å². The van der Waals surface area contributed by atoms with Crippen molar-refractivity contribution in [2.75, 3.05) is 0 Å². The van der Waals surface area contributed by atoms with E-state index < -0.39 is 0 Å². The van der Waals surface area contributed by atoms with E-state index in [4.69, 9.17) is 0 Å². The van der Waals surface area contributed by atoms with Crippen LogP contribution < -0.4 is 4.57 Å². The van der Waals surface area contributed by atoms with Gasteiger partial charge >= 0.3 is 0 Å². The summed E-state index contributed by atoms with van der Waals surface area (Å²) >= 11 is 0. The zero-order valence-electron chi connectivity index (χ0n) is 14.4. The first-order chi connectivity index (χ1) is 12.4. The Balaban J connectivity index is 1.82. The molecule has 0 N–H and O–H groups in total. The average Bonchev–Trinajstić information content (AvgIpc) is 2.68. The second-order valence-electron chi connectivity index (χ2n) is 7.13. The number of aryl methyl sites for hydroxylation is 2. The maximum atomic E-state index is 2.46. The molecule has 0 saturated heterocycles. The molecule has 25 heavy (non-hydrogen) atoms. The molecule has 1 aromatic heterocycles. The number of hydrogen-bond acceptors (Lipinski definition) is 0. The smallest absolute Gasteiger partial charge is 0.194 e. The summed E-state index contributed by atoms with van der Waals surface area (Å²) in [7, 11) is 0. The van der Waals surface area contributed by atoms with Crippen LogP contribution in [0.25, 0.3) is 21.7 Å². The lowest BCUT2D eigenvalue weighted by Crippen LogP contribution is -2.36. The van der Waals surface area contributed by atoms with E-state index >= 15 is 0 Å². The molecule has 0 bridgehead atoms. The van der Waals surface area contributed by atoms with E-state index in [1.165, 1.54) is 52.9 Å². The molecule has 1 heterocycles. The highest BCUT2D eigenvalue weighted by molar-refractivity contribution is 6.07. The lowest BCUT2D eigenvalue weighted by Gasteiger charge is -2.18. The minimum absolute atomic E-state index is 0.933. The monoisotopic (exact) mass is 324 g/mol. The van der Waals surface area contributed by atoms with Crippen molar-refractivity contribution in [3.63, 3.8) is 0 Å². The molecule has 0 radical (unpaired) electrons. The standard InChI is InChI=1S/C24H22N/c1-2-8-18(9-3-1)16-25-17-20-11-5-7-13-22(20)24-21-12-6-4-10-19(21)14-15-23(24)25/h1-4,6,8-10,12,14-15,17H,5,7,11,13,16H2/q+1. The van der Waals surface area contributed by atoms with Crippen LogP contribution in [0.1, 0.15) is 29.5 Å². The number of benzene rings is 3. The summed E-state index contributed by atoms with van der Waals surface area (Å²) in [5, 5.41) is 4.23. The van der Waals surface area contributed by atoms with E-state index in [0.29, 0.717) is 0 Å². The largest absolute Gasteiger partial charge is 0.213 e. The van der Waals surface area contributed by atoms with Crippen LogP contribution >= 0.6 is 0 Å². The van der Waals surface area contributed by atoms with Crippen molar-refractivity contribution in [3.8, 4) is 0 Å². The maximum Gasteiger partial charge on any atom is 0.213 e. The van der Waals surface area contributed by atoms with Gasteiger partial charge in [-0.1, -0.05) is 54.6 Å². The highest BCUT2D eigenvalue weighted by Gasteiger charge is 2.22. The minimum atomic E-state index is 0.933. The number of nitrogens with zero attached hydrogens (tertiary/aromatic N) is 1. The van der Waals surface area contributed by atoms with E-state index in [2.05, 4.69) is 77.5 Å². The third-order valence-corrected chi connectivity index (χ3v) is 5.54. The van der Waals surface area contributed by atoms with Gasteiger partial charge in [0.25, 0.3) is 0 Å². The molecule has 3 aromatic carbocycles. The summed E-state index contributed by atoms with van der Waals surface area (Å²) in [4.78, 5) is 0. The van der Waals surface area contributed by atoms with Crippen LogP contribution in [0.2, 0.25) is 0 Å². The predicted molar refractivity (Wildman–Crippen MR) is 104 cm³/mol. The van der Waals surface area contributed by atoms with Crippen molar-refractivity contribution in [2.45, 2.75) is 32.2 Å². The number of fused-ring (bicyclic) bond motifs is 5. The lowest BCUT2D eigenvalue weighted by atomic mass is 9.88. The highest BCUT2D eigenvalue weighted by Crippen LogP contribution is 2.32. The average molecular weight is 324 g/mol. The fourth-order valence-electron chi connectivity index (χ4n) is 4.34. The van der Waals surface area contributed by atoms with E-state index in [1.807, 2.05) is 0 Å². The molecule has 0 fully saturated rings. The third kappa shape index (κ3) is 2.51. The summed E-state index contributed by atoms with van der Waals surface area (Å²) in [6.45, 7) is 0.933. The van der Waals surface area contributed by atoms with E-state index in [1.54, 1.807) is 11.1 Å². The zero-order valence-corrected chi connectivity index (χ0v) is 14.4. The summed E-state index contributed by atoms with van der Waals surface area (Å²) in [6.07, 6.45) is 7.47. The van der Waals surface area contributed by atoms with Crippen LogP contribution in [-0.4, -0.2) is 0 Å². The Bertz CT molecular complexity index is 1060. The van der Waals surface area contributed by atoms with Crippen LogP contribution in [0.3, 0.4) is 0 Å². The van der Waals surface area contributed by atoms with Gasteiger partial charge in [-0.05, 0) is 48.1 Å². The predicted octanol–water partition coefficient (Wildman–Crippen LogP) is 5.21. The molecular weight excluding hydrogens is 302 g/mol. The van der Waals surface area contributed by atoms with Crippen LogP contribution in [0.5, 0.6) is 0 Å². The Morgan fingerprint density at radius 3 is 2.48 bits per heavy atom. The molecule has 0 aliphatic heterocycles. The molecule has 1 aliphatic rings. The van der Waals surface area contributed by atoms with E-state index in [9.17, 15) is 0 Å². The molecule has 0 atom stereocenters. The fraction of sp³-hybridized carbons (Fsp3) is 0.208. The van der Waals surface area contributed by atoms with Gasteiger partial charge < -0.3 is 0 Å². The lowest BCUT2D eigenvalue weighted by molar-refractivity contribution is -0.662. The van der Waals surface area contributed by atoms with Crippen LogP contribution in [0, 0.1) is 0 Å². The van der Waals surface area contributed by atoms with Gasteiger partial charge in [-0.2, -0.15) is 4.57 Å². The third-order valence-electron chi connectivity index (χ3n) is 5.54. The van der Waals surface area contributed by atoms with Gasteiger partial charge in [-0.25, -0.2) is 0 Å². The molecular formula is C24H22N+. The molecule has 0 unspecified atom stereocenters. The Morgan fingerprint density at radius 2 is 1.56 bits per heavy atom. The van der Waals surface area contributed by atoms with Crippen molar-refractivity contribution < 1.29 is 4.57 Å². The Kier molecular flexibility index (Phi) is 3.52. The maximum absolute atomic E-state index is 2.46. The number of hydrogen-bond donors (Lipinski definition) is 0. The second kappa shape index (κ2) is 6.00. The highest BCUT2D eigenvalue weighted by atomic mass is 14.9. The molecule has 0 amide bonds. The van der Waals surface area contributed by atoms with Crippen molar-refractivity contribution >= 4 is 21.7 Å². The van der Waals surface area contributed by atoms with Crippen molar-refractivity contribution in [1.82, 2.24) is 0 Å². The van der Waals surface area contributed by atoms with Gasteiger partial charge in [0.05, 0.1) is 5.39 Å². The van der Waals surface area contributed by atoms with E-state index in [-0.39, 0.29) is 0 Å². The summed E-state index contributed by atoms with van der Waals surface area (Å²) < 4.78 is 2.46.